The summed E-state index contributed by atoms with van der Waals surface area (Å²) in [7, 11) is 0. The normalized spacial score (nSPS) is 12.1. The molecular weight excluding hydrogens is 190 g/mol. The average Bonchev–Trinajstić information content (AvgIpc) is 2.17. The summed E-state index contributed by atoms with van der Waals surface area (Å²) in [6.45, 7) is 4.21. The quantitative estimate of drug-likeness (QED) is 0.780. The number of carboxylic acid groups (broad SMARTS) is 1. The maximum Gasteiger partial charge on any atom is 0.307 e. The largest absolute Gasteiger partial charge is 0.481 e. The van der Waals surface area contributed by atoms with Gasteiger partial charge in [0.2, 0.25) is 0 Å². The van der Waals surface area contributed by atoms with Gasteiger partial charge in [0.15, 0.2) is 0 Å². The lowest BCUT2D eigenvalue weighted by atomic mass is 10.1. The van der Waals surface area contributed by atoms with Gasteiger partial charge in [-0.3, -0.25) is 4.79 Å². The van der Waals surface area contributed by atoms with Gasteiger partial charge in [0, 0.05) is 11.7 Å². The van der Waals surface area contributed by atoms with E-state index in [0.717, 1.165) is 17.7 Å². The molecule has 3 nitrogen and oxygen atoms in total. The molecule has 0 spiro atoms. The van der Waals surface area contributed by atoms with Crippen LogP contribution in [0.3, 0.4) is 0 Å². The number of hydrogen-bond acceptors (Lipinski definition) is 2. The molecule has 0 fully saturated rings. The molecule has 1 atom stereocenters. The van der Waals surface area contributed by atoms with Crippen molar-refractivity contribution >= 4 is 11.7 Å². The summed E-state index contributed by atoms with van der Waals surface area (Å²) in [6, 6.07) is 7.96. The molecule has 1 aromatic carbocycles. The van der Waals surface area contributed by atoms with Crippen molar-refractivity contribution in [2.75, 3.05) is 5.32 Å². The van der Waals surface area contributed by atoms with Gasteiger partial charge in [-0.25, -0.2) is 0 Å². The lowest BCUT2D eigenvalue weighted by molar-refractivity contribution is -0.136. The van der Waals surface area contributed by atoms with Crippen LogP contribution in [0.25, 0.3) is 0 Å². The molecule has 0 aliphatic rings. The highest BCUT2D eigenvalue weighted by molar-refractivity contribution is 5.70. The molecule has 2 N–H and O–H groups in total. The fourth-order valence-corrected chi connectivity index (χ4v) is 1.33. The second-order valence-electron chi connectivity index (χ2n) is 3.72. The molecule has 0 aliphatic heterocycles. The first-order valence-electron chi connectivity index (χ1n) is 5.19. The number of anilines is 1. The van der Waals surface area contributed by atoms with Gasteiger partial charge in [-0.1, -0.05) is 19.1 Å². The first-order valence-corrected chi connectivity index (χ1v) is 5.19. The minimum atomic E-state index is -0.796. The second kappa shape index (κ2) is 5.39. The Labute approximate surface area is 90.1 Å². The van der Waals surface area contributed by atoms with Crippen LogP contribution in [0.4, 0.5) is 5.69 Å². The SMILES string of the molecule is CCC(C)Nc1cccc(CC(=O)O)c1. The predicted octanol–water partition coefficient (Wildman–Crippen LogP) is 2.52. The standard InChI is InChI=1S/C12H17NO2/c1-3-9(2)13-11-6-4-5-10(7-11)8-12(14)15/h4-7,9,13H,3,8H2,1-2H3,(H,14,15). The summed E-state index contributed by atoms with van der Waals surface area (Å²) in [5.74, 6) is -0.796. The van der Waals surface area contributed by atoms with E-state index in [0.29, 0.717) is 6.04 Å². The van der Waals surface area contributed by atoms with E-state index in [2.05, 4.69) is 19.2 Å². The smallest absolute Gasteiger partial charge is 0.307 e. The van der Waals surface area contributed by atoms with Crippen molar-refractivity contribution in [1.82, 2.24) is 0 Å². The van der Waals surface area contributed by atoms with E-state index >= 15 is 0 Å². The number of aliphatic carboxylic acids is 1. The molecule has 15 heavy (non-hydrogen) atoms. The Morgan fingerprint density at radius 1 is 1.53 bits per heavy atom. The maximum absolute atomic E-state index is 10.5. The van der Waals surface area contributed by atoms with Gasteiger partial charge in [0.1, 0.15) is 0 Å². The number of rotatable bonds is 5. The van der Waals surface area contributed by atoms with Crippen LogP contribution in [0.15, 0.2) is 24.3 Å². The van der Waals surface area contributed by atoms with E-state index in [-0.39, 0.29) is 6.42 Å². The summed E-state index contributed by atoms with van der Waals surface area (Å²) in [5, 5.41) is 12.0. The Balaban J connectivity index is 2.69. The van der Waals surface area contributed by atoms with E-state index < -0.39 is 5.97 Å². The monoisotopic (exact) mass is 207 g/mol. The van der Waals surface area contributed by atoms with Crippen molar-refractivity contribution in [3.63, 3.8) is 0 Å². The fraction of sp³-hybridized carbons (Fsp3) is 0.417. The van der Waals surface area contributed by atoms with E-state index in [1.54, 1.807) is 0 Å². The van der Waals surface area contributed by atoms with Gasteiger partial charge >= 0.3 is 5.97 Å². The average molecular weight is 207 g/mol. The van der Waals surface area contributed by atoms with Crippen molar-refractivity contribution in [3.05, 3.63) is 29.8 Å². The van der Waals surface area contributed by atoms with Crippen molar-refractivity contribution in [3.8, 4) is 0 Å². The molecule has 0 radical (unpaired) electrons. The van der Waals surface area contributed by atoms with Gasteiger partial charge < -0.3 is 10.4 Å². The number of benzene rings is 1. The molecule has 0 saturated carbocycles. The zero-order valence-electron chi connectivity index (χ0n) is 9.16. The van der Waals surface area contributed by atoms with Crippen LogP contribution in [-0.2, 0) is 11.2 Å². The van der Waals surface area contributed by atoms with Crippen LogP contribution in [0.5, 0.6) is 0 Å². The number of carbonyl (C=O) groups is 1. The topological polar surface area (TPSA) is 49.3 Å². The van der Waals surface area contributed by atoms with Crippen LogP contribution in [0, 0.1) is 0 Å². The van der Waals surface area contributed by atoms with E-state index in [1.165, 1.54) is 0 Å². The zero-order chi connectivity index (χ0) is 11.3. The fourth-order valence-electron chi connectivity index (χ4n) is 1.33. The minimum Gasteiger partial charge on any atom is -0.481 e. The van der Waals surface area contributed by atoms with Gasteiger partial charge in [0.05, 0.1) is 6.42 Å². The Hall–Kier alpha value is -1.51. The molecule has 0 amide bonds. The van der Waals surface area contributed by atoms with E-state index in [9.17, 15) is 4.79 Å². The molecule has 1 aromatic rings. The number of hydrogen-bond donors (Lipinski definition) is 2. The van der Waals surface area contributed by atoms with Gasteiger partial charge in [-0.2, -0.15) is 0 Å². The zero-order valence-corrected chi connectivity index (χ0v) is 9.16. The Morgan fingerprint density at radius 2 is 2.27 bits per heavy atom. The molecule has 1 unspecified atom stereocenters. The summed E-state index contributed by atoms with van der Waals surface area (Å²) >= 11 is 0. The highest BCUT2D eigenvalue weighted by Gasteiger charge is 2.02. The summed E-state index contributed by atoms with van der Waals surface area (Å²) in [4.78, 5) is 10.5. The molecular formula is C12H17NO2. The maximum atomic E-state index is 10.5. The lowest BCUT2D eigenvalue weighted by Crippen LogP contribution is -2.13. The molecule has 0 aliphatic carbocycles. The van der Waals surface area contributed by atoms with Crippen LogP contribution in [0.2, 0.25) is 0 Å². The molecule has 3 heteroatoms. The first-order chi connectivity index (χ1) is 7.11. The molecule has 0 aromatic heterocycles. The summed E-state index contributed by atoms with van der Waals surface area (Å²) in [6.07, 6.45) is 1.12. The molecule has 1 rings (SSSR count). The minimum absolute atomic E-state index is 0.0794. The van der Waals surface area contributed by atoms with Crippen molar-refractivity contribution in [2.24, 2.45) is 0 Å². The number of nitrogens with one attached hydrogen (secondary N) is 1. The molecule has 0 saturated heterocycles. The third-order valence-electron chi connectivity index (χ3n) is 2.31. The Morgan fingerprint density at radius 3 is 2.87 bits per heavy atom. The van der Waals surface area contributed by atoms with Crippen LogP contribution < -0.4 is 5.32 Å². The van der Waals surface area contributed by atoms with Gasteiger partial charge in [-0.05, 0) is 31.0 Å². The summed E-state index contributed by atoms with van der Waals surface area (Å²) < 4.78 is 0. The Kier molecular flexibility index (Phi) is 4.16. The van der Waals surface area contributed by atoms with Gasteiger partial charge in [0.25, 0.3) is 0 Å². The molecule has 82 valence electrons. The van der Waals surface area contributed by atoms with Crippen LogP contribution in [-0.4, -0.2) is 17.1 Å². The third kappa shape index (κ3) is 4.02. The Bertz CT molecular complexity index is 336. The van der Waals surface area contributed by atoms with Gasteiger partial charge in [-0.15, -0.1) is 0 Å². The second-order valence-corrected chi connectivity index (χ2v) is 3.72. The van der Waals surface area contributed by atoms with Crippen molar-refractivity contribution in [1.29, 1.82) is 0 Å². The summed E-state index contributed by atoms with van der Waals surface area (Å²) in [5.41, 5.74) is 1.82. The van der Waals surface area contributed by atoms with Crippen LogP contribution >= 0.6 is 0 Å². The van der Waals surface area contributed by atoms with Crippen molar-refractivity contribution in [2.45, 2.75) is 32.7 Å². The molecule has 0 bridgehead atoms. The van der Waals surface area contributed by atoms with Crippen molar-refractivity contribution < 1.29 is 9.90 Å². The predicted molar refractivity (Wildman–Crippen MR) is 61.2 cm³/mol. The molecule has 0 heterocycles. The van der Waals surface area contributed by atoms with Crippen LogP contribution in [0.1, 0.15) is 25.8 Å². The number of carboxylic acids is 1. The van der Waals surface area contributed by atoms with E-state index in [1.807, 2.05) is 24.3 Å². The third-order valence-corrected chi connectivity index (χ3v) is 2.31. The van der Waals surface area contributed by atoms with E-state index in [4.69, 9.17) is 5.11 Å². The lowest BCUT2D eigenvalue weighted by Gasteiger charge is -2.13. The highest BCUT2D eigenvalue weighted by Crippen LogP contribution is 2.13. The first kappa shape index (κ1) is 11.6. The highest BCUT2D eigenvalue weighted by atomic mass is 16.4.